The van der Waals surface area contributed by atoms with Gasteiger partial charge >= 0.3 is 0 Å². The average Bonchev–Trinajstić information content (AvgIpc) is 2.93. The maximum Gasteiger partial charge on any atom is 0.192 e. The van der Waals surface area contributed by atoms with Crippen LogP contribution in [0.1, 0.15) is 124 Å². The molecule has 0 unspecified atom stereocenters. The molecule has 0 aliphatic heterocycles. The summed E-state index contributed by atoms with van der Waals surface area (Å²) < 4.78 is 28.3. The van der Waals surface area contributed by atoms with E-state index < -0.39 is 33.3 Å². The third-order valence-electron chi connectivity index (χ3n) is 13.3. The molecule has 0 radical (unpaired) electrons. The van der Waals surface area contributed by atoms with E-state index in [9.17, 15) is 4.79 Å². The van der Waals surface area contributed by atoms with Gasteiger partial charge in [0, 0.05) is 12.3 Å². The van der Waals surface area contributed by atoms with E-state index in [2.05, 4.69) is 181 Å². The van der Waals surface area contributed by atoms with E-state index >= 15 is 0 Å². The van der Waals surface area contributed by atoms with Crippen LogP contribution in [0.5, 0.6) is 0 Å². The van der Waals surface area contributed by atoms with Gasteiger partial charge < -0.3 is 22.5 Å². The highest BCUT2D eigenvalue weighted by Crippen LogP contribution is 2.43. The molecule has 0 bridgehead atoms. The van der Waals surface area contributed by atoms with E-state index in [4.69, 9.17) is 17.7 Å². The zero-order valence-corrected chi connectivity index (χ0v) is 43.1. The molecule has 0 rings (SSSR count). The quantitative estimate of drug-likeness (QED) is 0.0697. The molecule has 0 saturated heterocycles. The van der Waals surface area contributed by atoms with E-state index in [1.807, 2.05) is 6.92 Å². The number of carbonyl (C=O) groups excluding carboxylic acids is 1. The molecule has 0 N–H and O–H groups in total. The number of carbonyl (C=O) groups is 1. The Hall–Kier alpha value is -0.142. The van der Waals surface area contributed by atoms with Crippen LogP contribution in [-0.2, 0) is 22.5 Å². The summed E-state index contributed by atoms with van der Waals surface area (Å²) >= 11 is 0. The van der Waals surface area contributed by atoms with Crippen molar-refractivity contribution in [1.82, 2.24) is 0 Å². The van der Waals surface area contributed by atoms with Crippen LogP contribution in [0.15, 0.2) is 24.3 Å². The van der Waals surface area contributed by atoms with E-state index in [0.717, 1.165) is 19.1 Å². The molecule has 308 valence electrons. The van der Waals surface area contributed by atoms with Crippen molar-refractivity contribution < 1.29 is 22.5 Å². The largest absolute Gasteiger partial charge is 0.413 e. The third kappa shape index (κ3) is 16.1. The summed E-state index contributed by atoms with van der Waals surface area (Å²) in [6, 6.07) is 0. The van der Waals surface area contributed by atoms with Gasteiger partial charge in [-0.1, -0.05) is 135 Å². The Morgan fingerprint density at radius 2 is 0.942 bits per heavy atom. The number of rotatable bonds is 20. The molecule has 0 aromatic carbocycles. The van der Waals surface area contributed by atoms with E-state index in [-0.39, 0.29) is 62.1 Å². The Morgan fingerprint density at radius 3 is 1.37 bits per heavy atom. The van der Waals surface area contributed by atoms with Gasteiger partial charge in [0.1, 0.15) is 6.29 Å². The van der Waals surface area contributed by atoms with Crippen LogP contribution in [0.4, 0.5) is 0 Å². The predicted octanol–water partition coefficient (Wildman–Crippen LogP) is 13.8. The van der Waals surface area contributed by atoms with Crippen molar-refractivity contribution in [1.29, 1.82) is 0 Å². The minimum atomic E-state index is -2.14. The topological polar surface area (TPSA) is 54.0 Å². The monoisotopic (exact) mass is 799 g/mol. The molecular formula is C43H90O5Si4. The van der Waals surface area contributed by atoms with Crippen molar-refractivity contribution in [2.45, 2.75) is 214 Å². The molecule has 0 spiro atoms. The van der Waals surface area contributed by atoms with Gasteiger partial charge in [-0.25, -0.2) is 0 Å². The summed E-state index contributed by atoms with van der Waals surface area (Å²) in [4.78, 5) is 11.7. The van der Waals surface area contributed by atoms with E-state index in [0.29, 0.717) is 6.61 Å². The highest BCUT2D eigenvalue weighted by molar-refractivity contribution is 6.75. The first-order chi connectivity index (χ1) is 22.9. The summed E-state index contributed by atoms with van der Waals surface area (Å²) in [5.74, 6) is 0.578. The second-order valence-electron chi connectivity index (χ2n) is 22.3. The van der Waals surface area contributed by atoms with Crippen LogP contribution in [0.3, 0.4) is 0 Å². The maximum absolute atomic E-state index is 11.7. The van der Waals surface area contributed by atoms with Gasteiger partial charge in [-0.05, 0) is 96.7 Å². The van der Waals surface area contributed by atoms with Crippen LogP contribution in [0.2, 0.25) is 72.5 Å². The van der Waals surface area contributed by atoms with Crippen LogP contribution < -0.4 is 0 Å². The lowest BCUT2D eigenvalue weighted by Crippen LogP contribution is -2.48. The minimum Gasteiger partial charge on any atom is -0.413 e. The maximum atomic E-state index is 11.7. The van der Waals surface area contributed by atoms with Crippen molar-refractivity contribution in [3.05, 3.63) is 24.3 Å². The third-order valence-corrected chi connectivity index (χ3v) is 31.2. The van der Waals surface area contributed by atoms with Gasteiger partial charge in [0.2, 0.25) is 0 Å². The number of hydrogen-bond acceptors (Lipinski definition) is 5. The van der Waals surface area contributed by atoms with Gasteiger partial charge in [0.05, 0.1) is 24.9 Å². The highest BCUT2D eigenvalue weighted by Gasteiger charge is 2.44. The van der Waals surface area contributed by atoms with Gasteiger partial charge in [0.15, 0.2) is 33.3 Å². The van der Waals surface area contributed by atoms with Gasteiger partial charge in [-0.15, -0.1) is 0 Å². The lowest BCUT2D eigenvalue weighted by molar-refractivity contribution is -0.111. The molecule has 0 amide bonds. The summed E-state index contributed by atoms with van der Waals surface area (Å²) in [5, 5.41) is 0.424. The van der Waals surface area contributed by atoms with E-state index in [1.54, 1.807) is 0 Å². The molecule has 0 heterocycles. The van der Waals surface area contributed by atoms with Crippen molar-refractivity contribution in [2.24, 2.45) is 23.7 Å². The van der Waals surface area contributed by atoms with Crippen LogP contribution in [0.25, 0.3) is 0 Å². The van der Waals surface area contributed by atoms with Gasteiger partial charge in [-0.2, -0.15) is 0 Å². The Balaban J connectivity index is 6.95. The van der Waals surface area contributed by atoms with Crippen molar-refractivity contribution in [3.8, 4) is 0 Å². The number of aldehydes is 1. The molecule has 7 atom stereocenters. The molecule has 0 aliphatic carbocycles. The fraction of sp³-hybridized carbons (Fsp3) is 0.884. The summed E-state index contributed by atoms with van der Waals surface area (Å²) in [5.41, 5.74) is 0. The highest BCUT2D eigenvalue weighted by atomic mass is 28.4. The zero-order valence-electron chi connectivity index (χ0n) is 39.1. The van der Waals surface area contributed by atoms with Gasteiger partial charge in [0.25, 0.3) is 0 Å². The molecule has 52 heavy (non-hydrogen) atoms. The van der Waals surface area contributed by atoms with Crippen LogP contribution in [0, 0.1) is 23.7 Å². The smallest absolute Gasteiger partial charge is 0.192 e. The molecule has 0 aromatic rings. The lowest BCUT2D eigenvalue weighted by Gasteiger charge is -2.43. The molecule has 0 aromatic heterocycles. The number of hydrogen-bond donors (Lipinski definition) is 0. The predicted molar refractivity (Wildman–Crippen MR) is 240 cm³/mol. The van der Waals surface area contributed by atoms with Crippen molar-refractivity contribution >= 4 is 39.6 Å². The summed E-state index contributed by atoms with van der Waals surface area (Å²) in [7, 11) is -8.16. The average molecular weight is 800 g/mol. The first kappa shape index (κ1) is 51.9. The summed E-state index contributed by atoms with van der Waals surface area (Å²) in [6.07, 6.45) is 11.8. The summed E-state index contributed by atoms with van der Waals surface area (Å²) in [6.45, 7) is 56.0. The minimum absolute atomic E-state index is 0.00132. The molecule has 5 nitrogen and oxygen atoms in total. The fourth-order valence-corrected chi connectivity index (χ4v) is 10.3. The van der Waals surface area contributed by atoms with Crippen LogP contribution >= 0.6 is 0 Å². The first-order valence-corrected chi connectivity index (χ1v) is 32.0. The lowest BCUT2D eigenvalue weighted by atomic mass is 9.86. The molecule has 0 fully saturated rings. The Labute approximate surface area is 329 Å². The normalized spacial score (nSPS) is 19.1. The standard InChI is InChI=1S/C43H90O5Si4/c1-33(32-44)30-36(4)39(48-52(23,24)43(14,15)16)35(3)27-28-37(46-50(19,20)41(8,9)10)31-38(47-51(21,22)42(11,12)13)34(2)26-25-29-45-49(17,18)40(5,6)7/h25-28,32-39H,29-31H2,1-24H3/b26-25+,28-27?/t33-,34-,35+,36+,37-,38+,39+/m1/s1. The van der Waals surface area contributed by atoms with Crippen LogP contribution in [-0.4, -0.2) is 64.5 Å². The Kier molecular flexibility index (Phi) is 19.3. The van der Waals surface area contributed by atoms with Gasteiger partial charge in [-0.3, -0.25) is 0 Å². The molecular weight excluding hydrogens is 709 g/mol. The SMILES string of the molecule is C[C@H](/C=C/CO[Si](C)(C)C(C)(C)C)[C@H](C[C@@H](C=C[C@H](C)[C@H](O[Si](C)(C)C(C)(C)C)[C@@H](C)C[C@@H](C)C=O)O[Si](C)(C)C(C)(C)C)O[Si](C)(C)C(C)(C)C. The Morgan fingerprint density at radius 1 is 0.519 bits per heavy atom. The zero-order chi connectivity index (χ0) is 41.5. The molecule has 0 saturated carbocycles. The molecule has 0 aliphatic rings. The first-order valence-electron chi connectivity index (χ1n) is 20.4. The second-order valence-corrected chi connectivity index (χ2v) is 41.4. The molecule has 9 heteroatoms. The Bertz CT molecular complexity index is 1130. The van der Waals surface area contributed by atoms with Crippen molar-refractivity contribution in [2.75, 3.05) is 6.61 Å². The second kappa shape index (κ2) is 19.3. The van der Waals surface area contributed by atoms with Crippen molar-refractivity contribution in [3.63, 3.8) is 0 Å². The fourth-order valence-electron chi connectivity index (χ4n) is 5.19. The van der Waals surface area contributed by atoms with E-state index in [1.165, 1.54) is 0 Å².